The molecule has 0 rings (SSSR count). The molecule has 0 spiro atoms. The van der Waals surface area contributed by atoms with Gasteiger partial charge in [0.1, 0.15) is 0 Å². The highest BCUT2D eigenvalue weighted by atomic mass is 31.2. The number of rotatable bonds is 5. The van der Waals surface area contributed by atoms with E-state index in [0.717, 1.165) is 0 Å². The van der Waals surface area contributed by atoms with Crippen LogP contribution >= 0.6 is 7.37 Å². The van der Waals surface area contributed by atoms with E-state index in [1.165, 1.54) is 6.66 Å². The van der Waals surface area contributed by atoms with E-state index in [0.29, 0.717) is 6.61 Å². The van der Waals surface area contributed by atoms with Crippen LogP contribution in [0.2, 0.25) is 0 Å². The van der Waals surface area contributed by atoms with Gasteiger partial charge in [-0.2, -0.15) is 0 Å². The second-order valence-electron chi connectivity index (χ2n) is 2.30. The van der Waals surface area contributed by atoms with E-state index in [-0.39, 0.29) is 12.6 Å². The molecule has 4 nitrogen and oxygen atoms in total. The van der Waals surface area contributed by atoms with E-state index < -0.39 is 13.3 Å². The van der Waals surface area contributed by atoms with Gasteiger partial charge in [-0.3, -0.25) is 9.36 Å². The lowest BCUT2D eigenvalue weighted by Gasteiger charge is -2.09. The number of carboxylic acids is 1. The molecule has 0 aromatic carbocycles. The molecule has 0 bridgehead atoms. The summed E-state index contributed by atoms with van der Waals surface area (Å²) >= 11 is 0. The SMILES string of the molecule is CCOP(C)(=O)CCC(=O)O. The summed E-state index contributed by atoms with van der Waals surface area (Å²) in [4.78, 5) is 10.1. The smallest absolute Gasteiger partial charge is 0.303 e. The van der Waals surface area contributed by atoms with Crippen LogP contribution in [0.4, 0.5) is 0 Å². The maximum absolute atomic E-state index is 11.2. The lowest BCUT2D eigenvalue weighted by atomic mass is 10.5. The van der Waals surface area contributed by atoms with Crippen molar-refractivity contribution >= 4 is 13.3 Å². The maximum Gasteiger partial charge on any atom is 0.303 e. The van der Waals surface area contributed by atoms with Crippen LogP contribution in [0.3, 0.4) is 0 Å². The van der Waals surface area contributed by atoms with Gasteiger partial charge in [-0.1, -0.05) is 0 Å². The summed E-state index contributed by atoms with van der Waals surface area (Å²) in [5.74, 6) is -0.938. The summed E-state index contributed by atoms with van der Waals surface area (Å²) in [7, 11) is -2.63. The van der Waals surface area contributed by atoms with E-state index in [9.17, 15) is 9.36 Å². The van der Waals surface area contributed by atoms with Crippen LogP contribution in [-0.2, 0) is 13.9 Å². The fraction of sp³-hybridized carbons (Fsp3) is 0.833. The van der Waals surface area contributed by atoms with Gasteiger partial charge in [-0.15, -0.1) is 0 Å². The number of aliphatic carboxylic acids is 1. The quantitative estimate of drug-likeness (QED) is 0.649. The Morgan fingerprint density at radius 2 is 2.18 bits per heavy atom. The third-order valence-electron chi connectivity index (χ3n) is 1.13. The van der Waals surface area contributed by atoms with Crippen molar-refractivity contribution in [3.63, 3.8) is 0 Å². The molecule has 0 aliphatic rings. The zero-order valence-corrected chi connectivity index (χ0v) is 7.63. The molecule has 5 heteroatoms. The average molecular weight is 180 g/mol. The summed E-state index contributed by atoms with van der Waals surface area (Å²) in [6.07, 6.45) is 0.0317. The average Bonchev–Trinajstić information content (AvgIpc) is 1.84. The Bertz CT molecular complexity index is 177. The molecule has 11 heavy (non-hydrogen) atoms. The molecule has 0 saturated heterocycles. The Morgan fingerprint density at radius 1 is 1.64 bits per heavy atom. The first-order valence-electron chi connectivity index (χ1n) is 3.41. The molecule has 0 fully saturated rings. The number of carboxylic acid groups (broad SMARTS) is 1. The van der Waals surface area contributed by atoms with Crippen molar-refractivity contribution in [1.29, 1.82) is 0 Å². The first-order valence-corrected chi connectivity index (χ1v) is 5.66. The molecular weight excluding hydrogens is 167 g/mol. The molecule has 0 radical (unpaired) electrons. The summed E-state index contributed by atoms with van der Waals surface area (Å²) in [6.45, 7) is 3.56. The van der Waals surface area contributed by atoms with Gasteiger partial charge < -0.3 is 9.63 Å². The highest BCUT2D eigenvalue weighted by Gasteiger charge is 2.16. The Balaban J connectivity index is 3.73. The molecule has 0 aromatic heterocycles. The number of hydrogen-bond acceptors (Lipinski definition) is 3. The molecule has 66 valence electrons. The van der Waals surface area contributed by atoms with Gasteiger partial charge >= 0.3 is 5.97 Å². The van der Waals surface area contributed by atoms with Gasteiger partial charge in [0.15, 0.2) is 0 Å². The van der Waals surface area contributed by atoms with Crippen molar-refractivity contribution < 1.29 is 19.0 Å². The first-order chi connectivity index (χ1) is 4.98. The Morgan fingerprint density at radius 3 is 2.55 bits per heavy atom. The molecular formula is C6H13O4P. The fourth-order valence-electron chi connectivity index (χ4n) is 0.636. The predicted octanol–water partition coefficient (Wildman–Crippen LogP) is 1.41. The lowest BCUT2D eigenvalue weighted by Crippen LogP contribution is -2.01. The van der Waals surface area contributed by atoms with Crippen molar-refractivity contribution in [2.75, 3.05) is 19.4 Å². The predicted molar refractivity (Wildman–Crippen MR) is 42.3 cm³/mol. The van der Waals surface area contributed by atoms with E-state index in [4.69, 9.17) is 9.63 Å². The monoisotopic (exact) mass is 180 g/mol. The largest absolute Gasteiger partial charge is 0.481 e. The number of carbonyl (C=O) groups is 1. The van der Waals surface area contributed by atoms with Crippen LogP contribution < -0.4 is 0 Å². The normalized spacial score (nSPS) is 15.8. The Kier molecular flexibility index (Phi) is 4.38. The van der Waals surface area contributed by atoms with Crippen molar-refractivity contribution in [2.45, 2.75) is 13.3 Å². The highest BCUT2D eigenvalue weighted by Crippen LogP contribution is 2.42. The third-order valence-corrected chi connectivity index (χ3v) is 2.97. The van der Waals surface area contributed by atoms with Gasteiger partial charge in [0.05, 0.1) is 13.0 Å². The Hall–Kier alpha value is -0.340. The van der Waals surface area contributed by atoms with E-state index in [1.54, 1.807) is 6.92 Å². The molecule has 0 amide bonds. The zero-order chi connectivity index (χ0) is 8.91. The summed E-state index contributed by atoms with van der Waals surface area (Å²) in [5.41, 5.74) is 0. The van der Waals surface area contributed by atoms with Crippen molar-refractivity contribution in [1.82, 2.24) is 0 Å². The maximum atomic E-state index is 11.2. The van der Waals surface area contributed by atoms with Crippen LogP contribution in [-0.4, -0.2) is 30.5 Å². The van der Waals surface area contributed by atoms with E-state index in [1.807, 2.05) is 0 Å². The van der Waals surface area contributed by atoms with Gasteiger partial charge in [0.2, 0.25) is 7.37 Å². The van der Waals surface area contributed by atoms with Crippen LogP contribution in [0.25, 0.3) is 0 Å². The third kappa shape index (κ3) is 6.07. The standard InChI is InChI=1S/C6H13O4P/c1-3-10-11(2,9)5-4-6(7)8/h3-5H2,1-2H3,(H,7,8). The molecule has 0 saturated carbocycles. The minimum absolute atomic E-state index is 0.0895. The van der Waals surface area contributed by atoms with Crippen molar-refractivity contribution in [2.24, 2.45) is 0 Å². The van der Waals surface area contributed by atoms with Crippen molar-refractivity contribution in [3.05, 3.63) is 0 Å². The summed E-state index contributed by atoms with van der Waals surface area (Å²) in [5, 5.41) is 8.27. The van der Waals surface area contributed by atoms with Crippen LogP contribution in [0.15, 0.2) is 0 Å². The van der Waals surface area contributed by atoms with Gasteiger partial charge in [-0.25, -0.2) is 0 Å². The van der Waals surface area contributed by atoms with Crippen LogP contribution in [0.5, 0.6) is 0 Å². The molecule has 1 unspecified atom stereocenters. The van der Waals surface area contributed by atoms with Gasteiger partial charge in [0, 0.05) is 12.8 Å². The number of hydrogen-bond donors (Lipinski definition) is 1. The summed E-state index contributed by atoms with van der Waals surface area (Å²) in [6, 6.07) is 0. The van der Waals surface area contributed by atoms with Crippen molar-refractivity contribution in [3.8, 4) is 0 Å². The van der Waals surface area contributed by atoms with Crippen LogP contribution in [0.1, 0.15) is 13.3 Å². The van der Waals surface area contributed by atoms with Gasteiger partial charge in [0.25, 0.3) is 0 Å². The lowest BCUT2D eigenvalue weighted by molar-refractivity contribution is -0.136. The minimum Gasteiger partial charge on any atom is -0.481 e. The second-order valence-corrected chi connectivity index (χ2v) is 5.03. The Labute approximate surface area is 66.0 Å². The molecule has 1 N–H and O–H groups in total. The molecule has 0 aliphatic heterocycles. The second kappa shape index (κ2) is 4.52. The fourth-order valence-corrected chi connectivity index (χ4v) is 1.91. The first kappa shape index (κ1) is 10.7. The molecule has 1 atom stereocenters. The van der Waals surface area contributed by atoms with E-state index >= 15 is 0 Å². The zero-order valence-electron chi connectivity index (χ0n) is 6.74. The topological polar surface area (TPSA) is 63.6 Å². The van der Waals surface area contributed by atoms with E-state index in [2.05, 4.69) is 0 Å². The van der Waals surface area contributed by atoms with Gasteiger partial charge in [-0.05, 0) is 6.92 Å². The van der Waals surface area contributed by atoms with Crippen LogP contribution in [0, 0.1) is 0 Å². The minimum atomic E-state index is -2.63. The summed E-state index contributed by atoms with van der Waals surface area (Å²) < 4.78 is 16.1. The molecule has 0 aromatic rings. The molecule has 0 heterocycles. The highest BCUT2D eigenvalue weighted by molar-refractivity contribution is 7.58. The molecule has 0 aliphatic carbocycles.